The normalized spacial score (nSPS) is 21.5. The second-order valence-electron chi connectivity index (χ2n) is 8.24. The van der Waals surface area contributed by atoms with E-state index in [0.717, 1.165) is 61.4 Å². The van der Waals surface area contributed by atoms with Crippen molar-refractivity contribution in [3.05, 3.63) is 23.2 Å². The molecule has 2 fully saturated rings. The van der Waals surface area contributed by atoms with Gasteiger partial charge in [0.25, 0.3) is 0 Å². The first-order valence-corrected chi connectivity index (χ1v) is 11.4. The van der Waals surface area contributed by atoms with Gasteiger partial charge in [-0.3, -0.25) is 4.99 Å². The summed E-state index contributed by atoms with van der Waals surface area (Å²) < 4.78 is 5.52. The first-order valence-electron chi connectivity index (χ1n) is 11.1. The summed E-state index contributed by atoms with van der Waals surface area (Å²) in [5, 5.41) is 7.79. The number of hydrogen-bond acceptors (Lipinski definition) is 5. The Morgan fingerprint density at radius 1 is 1.23 bits per heavy atom. The highest BCUT2D eigenvalue weighted by Crippen LogP contribution is 2.33. The van der Waals surface area contributed by atoms with Gasteiger partial charge in [0.15, 0.2) is 5.96 Å². The van der Waals surface area contributed by atoms with Crippen molar-refractivity contribution >= 4 is 23.2 Å². The molecule has 0 aromatic heterocycles. The Hall–Kier alpha value is -1.70. The second kappa shape index (κ2) is 11.6. The van der Waals surface area contributed by atoms with Crippen LogP contribution in [0.25, 0.3) is 0 Å². The van der Waals surface area contributed by atoms with Gasteiger partial charge in [-0.05, 0) is 64.1 Å². The summed E-state index contributed by atoms with van der Waals surface area (Å²) in [5.74, 6) is 1.75. The van der Waals surface area contributed by atoms with E-state index in [2.05, 4.69) is 37.4 Å². The maximum absolute atomic E-state index is 6.21. The molecule has 1 unspecified atom stereocenters. The van der Waals surface area contributed by atoms with Crippen LogP contribution in [0.5, 0.6) is 5.75 Å². The van der Waals surface area contributed by atoms with Crippen molar-refractivity contribution in [2.24, 2.45) is 4.99 Å². The predicted molar refractivity (Wildman–Crippen MR) is 126 cm³/mol. The summed E-state index contributed by atoms with van der Waals surface area (Å²) in [6, 6.07) is 6.13. The number of aliphatic imine (C=N–C) groups is 1. The summed E-state index contributed by atoms with van der Waals surface area (Å²) in [4.78, 5) is 11.7. The van der Waals surface area contributed by atoms with Crippen LogP contribution >= 0.6 is 11.6 Å². The molecule has 7 nitrogen and oxygen atoms in total. The highest BCUT2D eigenvalue weighted by Gasteiger charge is 2.25. The molecule has 8 heteroatoms. The molecule has 0 radical (unpaired) electrons. The lowest BCUT2D eigenvalue weighted by molar-refractivity contribution is 0.274. The van der Waals surface area contributed by atoms with Crippen molar-refractivity contribution in [3.8, 4) is 5.75 Å². The summed E-state index contributed by atoms with van der Waals surface area (Å²) in [6.07, 6.45) is 3.45. The van der Waals surface area contributed by atoms with E-state index in [1.165, 1.54) is 32.6 Å². The molecule has 2 N–H and O–H groups in total. The minimum absolute atomic E-state index is 0.348. The Bertz CT molecular complexity index is 700. The van der Waals surface area contributed by atoms with Gasteiger partial charge < -0.3 is 30.1 Å². The van der Waals surface area contributed by atoms with Crippen molar-refractivity contribution < 1.29 is 4.74 Å². The molecule has 2 aliphatic heterocycles. The van der Waals surface area contributed by atoms with Gasteiger partial charge in [0.1, 0.15) is 5.75 Å². The SMILES string of the molecule is CN=C(NCCCN1CCCN(C)CC1)NC1CCN(c2cc(Cl)ccc2OC)C1. The number of nitrogens with zero attached hydrogens (tertiary/aromatic N) is 4. The molecule has 2 saturated heterocycles. The number of hydrogen-bond donors (Lipinski definition) is 2. The zero-order valence-electron chi connectivity index (χ0n) is 18.7. The van der Waals surface area contributed by atoms with Crippen molar-refractivity contribution in [1.82, 2.24) is 20.4 Å². The second-order valence-corrected chi connectivity index (χ2v) is 8.68. The topological polar surface area (TPSA) is 55.4 Å². The van der Waals surface area contributed by atoms with E-state index in [9.17, 15) is 0 Å². The minimum Gasteiger partial charge on any atom is -0.495 e. The summed E-state index contributed by atoms with van der Waals surface area (Å²) in [6.45, 7) is 8.72. The Balaban J connectivity index is 1.40. The molecule has 1 aromatic carbocycles. The fourth-order valence-electron chi connectivity index (χ4n) is 4.23. The molecular formula is C22H37ClN6O. The first-order chi connectivity index (χ1) is 14.6. The number of likely N-dealkylation sites (N-methyl/N-ethyl adjacent to an activating group) is 1. The Labute approximate surface area is 186 Å². The summed E-state index contributed by atoms with van der Waals surface area (Å²) in [5.41, 5.74) is 1.06. The van der Waals surface area contributed by atoms with Gasteiger partial charge in [-0.25, -0.2) is 0 Å². The molecule has 2 heterocycles. The van der Waals surface area contributed by atoms with E-state index in [0.29, 0.717) is 6.04 Å². The third-order valence-corrected chi connectivity index (χ3v) is 6.23. The van der Waals surface area contributed by atoms with E-state index in [-0.39, 0.29) is 0 Å². The van der Waals surface area contributed by atoms with Crippen molar-refractivity contribution in [2.75, 3.05) is 78.5 Å². The zero-order valence-corrected chi connectivity index (χ0v) is 19.4. The lowest BCUT2D eigenvalue weighted by Crippen LogP contribution is -2.45. The van der Waals surface area contributed by atoms with Crippen molar-refractivity contribution in [1.29, 1.82) is 0 Å². The van der Waals surface area contributed by atoms with Crippen LogP contribution in [0.15, 0.2) is 23.2 Å². The molecule has 30 heavy (non-hydrogen) atoms. The standard InChI is InChI=1S/C22H37ClN6O/c1-24-22(25-9-4-11-28-12-5-10-27(2)14-15-28)26-19-8-13-29(17-19)20-16-18(23)6-7-21(20)30-3/h6-7,16,19H,4-5,8-15,17H2,1-3H3,(H2,24,25,26). The molecule has 0 spiro atoms. The van der Waals surface area contributed by atoms with Gasteiger partial charge in [-0.1, -0.05) is 11.6 Å². The zero-order chi connectivity index (χ0) is 21.3. The van der Waals surface area contributed by atoms with E-state index < -0.39 is 0 Å². The van der Waals surface area contributed by atoms with Crippen LogP contribution < -0.4 is 20.3 Å². The fraction of sp³-hybridized carbons (Fsp3) is 0.682. The molecule has 0 amide bonds. The van der Waals surface area contributed by atoms with E-state index in [4.69, 9.17) is 16.3 Å². The van der Waals surface area contributed by atoms with Crippen LogP contribution in [-0.4, -0.2) is 95.4 Å². The molecule has 1 aromatic rings. The van der Waals surface area contributed by atoms with Crippen LogP contribution in [-0.2, 0) is 0 Å². The third-order valence-electron chi connectivity index (χ3n) is 5.99. The number of anilines is 1. The number of rotatable bonds is 7. The highest BCUT2D eigenvalue weighted by molar-refractivity contribution is 6.30. The van der Waals surface area contributed by atoms with Crippen molar-refractivity contribution in [3.63, 3.8) is 0 Å². The van der Waals surface area contributed by atoms with Gasteiger partial charge >= 0.3 is 0 Å². The van der Waals surface area contributed by atoms with Crippen LogP contribution in [0.3, 0.4) is 0 Å². The van der Waals surface area contributed by atoms with Crippen molar-refractivity contribution in [2.45, 2.75) is 25.3 Å². The molecule has 1 atom stereocenters. The average Bonchev–Trinajstić information content (AvgIpc) is 3.11. The van der Waals surface area contributed by atoms with Gasteiger partial charge in [0.2, 0.25) is 0 Å². The predicted octanol–water partition coefficient (Wildman–Crippen LogP) is 2.12. The van der Waals surface area contributed by atoms with Crippen LogP contribution in [0, 0.1) is 0 Å². The fourth-order valence-corrected chi connectivity index (χ4v) is 4.39. The lowest BCUT2D eigenvalue weighted by Gasteiger charge is -2.23. The number of nitrogens with one attached hydrogen (secondary N) is 2. The number of guanidine groups is 1. The van der Waals surface area contributed by atoms with Gasteiger partial charge in [0.05, 0.1) is 12.8 Å². The summed E-state index contributed by atoms with van der Waals surface area (Å²) >= 11 is 6.21. The average molecular weight is 437 g/mol. The quantitative estimate of drug-likeness (QED) is 0.388. The van der Waals surface area contributed by atoms with E-state index in [1.807, 2.05) is 25.2 Å². The Morgan fingerprint density at radius 2 is 2.10 bits per heavy atom. The smallest absolute Gasteiger partial charge is 0.191 e. The van der Waals surface area contributed by atoms with Gasteiger partial charge in [-0.15, -0.1) is 0 Å². The Morgan fingerprint density at radius 3 is 2.90 bits per heavy atom. The maximum Gasteiger partial charge on any atom is 0.191 e. The monoisotopic (exact) mass is 436 g/mol. The van der Waals surface area contributed by atoms with E-state index in [1.54, 1.807) is 7.11 Å². The first kappa shape index (κ1) is 23.0. The lowest BCUT2D eigenvalue weighted by atomic mass is 10.2. The number of benzene rings is 1. The largest absolute Gasteiger partial charge is 0.495 e. The van der Waals surface area contributed by atoms with Crippen LogP contribution in [0.1, 0.15) is 19.3 Å². The number of halogens is 1. The maximum atomic E-state index is 6.21. The van der Waals surface area contributed by atoms with Gasteiger partial charge in [-0.2, -0.15) is 0 Å². The van der Waals surface area contributed by atoms with Crippen LogP contribution in [0.2, 0.25) is 5.02 Å². The molecule has 0 aliphatic carbocycles. The highest BCUT2D eigenvalue weighted by atomic mass is 35.5. The van der Waals surface area contributed by atoms with Crippen LogP contribution in [0.4, 0.5) is 5.69 Å². The minimum atomic E-state index is 0.348. The number of methoxy groups -OCH3 is 1. The third kappa shape index (κ3) is 6.65. The molecule has 0 saturated carbocycles. The van der Waals surface area contributed by atoms with E-state index >= 15 is 0 Å². The summed E-state index contributed by atoms with van der Waals surface area (Å²) in [7, 11) is 5.76. The molecular weight excluding hydrogens is 400 g/mol. The molecule has 0 bridgehead atoms. The number of ether oxygens (including phenoxy) is 1. The molecule has 3 rings (SSSR count). The molecule has 2 aliphatic rings. The Kier molecular flexibility index (Phi) is 8.90. The van der Waals surface area contributed by atoms with Gasteiger partial charge in [0, 0.05) is 50.8 Å². The molecule has 168 valence electrons.